The highest BCUT2D eigenvalue weighted by atomic mass is 79.9. The molecule has 0 aliphatic heterocycles. The number of hydrogen-bond acceptors (Lipinski definition) is 4. The van der Waals surface area contributed by atoms with Crippen LogP contribution >= 0.6 is 43.2 Å². The third kappa shape index (κ3) is 2.96. The fourth-order valence-electron chi connectivity index (χ4n) is 1.40. The molecule has 0 atom stereocenters. The third-order valence-corrected chi connectivity index (χ3v) is 4.42. The van der Waals surface area contributed by atoms with E-state index in [1.54, 1.807) is 6.20 Å². The summed E-state index contributed by atoms with van der Waals surface area (Å²) < 4.78 is 1.70. The second kappa shape index (κ2) is 5.46. The first-order chi connectivity index (χ1) is 8.47. The number of pyridine rings is 1. The molecule has 1 N–H and O–H groups in total. The van der Waals surface area contributed by atoms with Crippen LogP contribution in [0.4, 0.5) is 0 Å². The summed E-state index contributed by atoms with van der Waals surface area (Å²) in [6, 6.07) is 1.88. The van der Waals surface area contributed by atoms with E-state index in [1.807, 2.05) is 13.0 Å². The van der Waals surface area contributed by atoms with Gasteiger partial charge < -0.3 is 5.11 Å². The fourth-order valence-corrected chi connectivity index (χ4v) is 3.77. The Labute approximate surface area is 124 Å². The van der Waals surface area contributed by atoms with Crippen LogP contribution in [-0.4, -0.2) is 21.0 Å². The molecule has 0 bridgehead atoms. The van der Waals surface area contributed by atoms with E-state index < -0.39 is 5.97 Å². The van der Waals surface area contributed by atoms with Gasteiger partial charge in [0.15, 0.2) is 0 Å². The topological polar surface area (TPSA) is 63.1 Å². The van der Waals surface area contributed by atoms with E-state index in [0.29, 0.717) is 0 Å². The highest BCUT2D eigenvalue weighted by molar-refractivity contribution is 9.11. The molecule has 4 nitrogen and oxygen atoms in total. The largest absolute Gasteiger partial charge is 0.481 e. The number of nitrogens with zero attached hydrogens (tertiary/aromatic N) is 2. The highest BCUT2D eigenvalue weighted by Gasteiger charge is 2.15. The van der Waals surface area contributed by atoms with Crippen LogP contribution in [0.1, 0.15) is 10.6 Å². The Bertz CT molecular complexity index is 613. The second-order valence-electron chi connectivity index (χ2n) is 3.58. The molecule has 0 amide bonds. The van der Waals surface area contributed by atoms with Crippen LogP contribution in [0.15, 0.2) is 21.2 Å². The minimum Gasteiger partial charge on any atom is -0.481 e. The highest BCUT2D eigenvalue weighted by Crippen LogP contribution is 2.32. The summed E-state index contributed by atoms with van der Waals surface area (Å²) in [6.45, 7) is 1.81. The summed E-state index contributed by atoms with van der Waals surface area (Å²) in [6.07, 6.45) is 1.69. The molecule has 7 heteroatoms. The van der Waals surface area contributed by atoms with Gasteiger partial charge in [0, 0.05) is 20.0 Å². The number of aryl methyl sites for hydroxylation is 1. The van der Waals surface area contributed by atoms with Crippen LogP contribution in [0.2, 0.25) is 0 Å². The zero-order valence-corrected chi connectivity index (χ0v) is 13.3. The number of carboxylic acid groups (broad SMARTS) is 1. The quantitative estimate of drug-likeness (QED) is 0.866. The lowest BCUT2D eigenvalue weighted by Gasteiger charge is -1.99. The molecule has 2 heterocycles. The SMILES string of the molecule is Cc1nc(-c2ncc(Br)cc2Br)sc1CC(=O)O. The van der Waals surface area contributed by atoms with Crippen molar-refractivity contribution in [2.75, 3.05) is 0 Å². The Morgan fingerprint density at radius 1 is 1.50 bits per heavy atom. The molecule has 0 aromatic carbocycles. The monoisotopic (exact) mass is 390 g/mol. The fraction of sp³-hybridized carbons (Fsp3) is 0.182. The summed E-state index contributed by atoms with van der Waals surface area (Å²) in [5, 5.41) is 9.54. The molecule has 0 radical (unpaired) electrons. The van der Waals surface area contributed by atoms with Crippen molar-refractivity contribution in [2.45, 2.75) is 13.3 Å². The van der Waals surface area contributed by atoms with Crippen molar-refractivity contribution in [3.05, 3.63) is 31.8 Å². The summed E-state index contributed by atoms with van der Waals surface area (Å²) in [4.78, 5) is 20.1. The zero-order valence-electron chi connectivity index (χ0n) is 9.28. The van der Waals surface area contributed by atoms with E-state index in [2.05, 4.69) is 41.8 Å². The molecule has 2 aromatic rings. The van der Waals surface area contributed by atoms with Gasteiger partial charge in [-0.1, -0.05) is 0 Å². The van der Waals surface area contributed by atoms with E-state index in [0.717, 1.165) is 30.2 Å². The van der Waals surface area contributed by atoms with Crippen LogP contribution in [0.3, 0.4) is 0 Å². The number of aromatic nitrogens is 2. The van der Waals surface area contributed by atoms with Crippen molar-refractivity contribution in [2.24, 2.45) is 0 Å². The summed E-state index contributed by atoms with van der Waals surface area (Å²) in [5.41, 5.74) is 1.47. The minimum atomic E-state index is -0.851. The normalized spacial score (nSPS) is 10.6. The van der Waals surface area contributed by atoms with Gasteiger partial charge in [-0.2, -0.15) is 0 Å². The first-order valence-electron chi connectivity index (χ1n) is 4.97. The van der Waals surface area contributed by atoms with Gasteiger partial charge in [-0.05, 0) is 44.8 Å². The molecule has 0 unspecified atom stereocenters. The van der Waals surface area contributed by atoms with Crippen LogP contribution in [-0.2, 0) is 11.2 Å². The Morgan fingerprint density at radius 2 is 2.22 bits per heavy atom. The van der Waals surface area contributed by atoms with E-state index in [9.17, 15) is 4.79 Å². The molecule has 2 aromatic heterocycles. The Morgan fingerprint density at radius 3 is 2.83 bits per heavy atom. The van der Waals surface area contributed by atoms with E-state index in [1.165, 1.54) is 11.3 Å². The lowest BCUT2D eigenvalue weighted by molar-refractivity contribution is -0.136. The van der Waals surface area contributed by atoms with Gasteiger partial charge >= 0.3 is 5.97 Å². The van der Waals surface area contributed by atoms with Crippen molar-refractivity contribution >= 4 is 49.2 Å². The average Bonchev–Trinajstić information content (AvgIpc) is 2.59. The van der Waals surface area contributed by atoms with Crippen molar-refractivity contribution in [3.8, 4) is 10.7 Å². The van der Waals surface area contributed by atoms with Gasteiger partial charge in [-0.25, -0.2) is 4.98 Å². The number of carboxylic acids is 1. The number of thiazole rings is 1. The maximum absolute atomic E-state index is 10.7. The molecule has 0 aliphatic rings. The Hall–Kier alpha value is -0.790. The molecule has 18 heavy (non-hydrogen) atoms. The number of hydrogen-bond donors (Lipinski definition) is 1. The molecule has 0 fully saturated rings. The first-order valence-corrected chi connectivity index (χ1v) is 7.37. The van der Waals surface area contributed by atoms with Gasteiger partial charge in [0.05, 0.1) is 12.1 Å². The van der Waals surface area contributed by atoms with Gasteiger partial charge in [-0.3, -0.25) is 9.78 Å². The number of carbonyl (C=O) groups is 1. The smallest absolute Gasteiger partial charge is 0.308 e. The molecule has 94 valence electrons. The molecule has 0 spiro atoms. The van der Waals surface area contributed by atoms with Crippen molar-refractivity contribution in [3.63, 3.8) is 0 Å². The standard InChI is InChI=1S/C11H8Br2N2O2S/c1-5-8(3-9(16)17)18-11(15-5)10-7(13)2-6(12)4-14-10/h2,4H,3H2,1H3,(H,16,17). The first kappa shape index (κ1) is 13.6. The Kier molecular flexibility index (Phi) is 4.14. The van der Waals surface area contributed by atoms with Crippen LogP contribution in [0.5, 0.6) is 0 Å². The van der Waals surface area contributed by atoms with Crippen molar-refractivity contribution < 1.29 is 9.90 Å². The number of rotatable bonds is 3. The van der Waals surface area contributed by atoms with E-state index >= 15 is 0 Å². The summed E-state index contributed by atoms with van der Waals surface area (Å²) in [5.74, 6) is -0.851. The second-order valence-corrected chi connectivity index (χ2v) is 6.44. The lowest BCUT2D eigenvalue weighted by Crippen LogP contribution is -1.99. The molecular formula is C11H8Br2N2O2S. The van der Waals surface area contributed by atoms with E-state index in [4.69, 9.17) is 5.11 Å². The van der Waals surface area contributed by atoms with Gasteiger partial charge in [0.2, 0.25) is 0 Å². The summed E-state index contributed by atoms with van der Waals surface area (Å²) in [7, 11) is 0. The number of aliphatic carboxylic acids is 1. The minimum absolute atomic E-state index is 0.00233. The lowest BCUT2D eigenvalue weighted by atomic mass is 10.3. The molecule has 2 rings (SSSR count). The zero-order chi connectivity index (χ0) is 13.3. The van der Waals surface area contributed by atoms with Gasteiger partial charge in [0.1, 0.15) is 10.7 Å². The van der Waals surface area contributed by atoms with Crippen molar-refractivity contribution in [1.29, 1.82) is 0 Å². The maximum atomic E-state index is 10.7. The predicted octanol–water partition coefficient (Wildman–Crippen LogP) is 3.67. The van der Waals surface area contributed by atoms with Gasteiger partial charge in [-0.15, -0.1) is 11.3 Å². The molecular weight excluding hydrogens is 384 g/mol. The van der Waals surface area contributed by atoms with Crippen LogP contribution in [0, 0.1) is 6.92 Å². The number of halogens is 2. The van der Waals surface area contributed by atoms with Crippen LogP contribution in [0.25, 0.3) is 10.7 Å². The predicted molar refractivity (Wildman–Crippen MR) is 76.8 cm³/mol. The molecule has 0 saturated carbocycles. The average molecular weight is 392 g/mol. The van der Waals surface area contributed by atoms with Crippen molar-refractivity contribution in [1.82, 2.24) is 9.97 Å². The maximum Gasteiger partial charge on any atom is 0.308 e. The van der Waals surface area contributed by atoms with Gasteiger partial charge in [0.25, 0.3) is 0 Å². The van der Waals surface area contributed by atoms with Crippen LogP contribution < -0.4 is 0 Å². The third-order valence-electron chi connectivity index (χ3n) is 2.21. The van der Waals surface area contributed by atoms with E-state index in [-0.39, 0.29) is 6.42 Å². The molecule has 0 aliphatic carbocycles. The Balaban J connectivity index is 2.42. The summed E-state index contributed by atoms with van der Waals surface area (Å²) >= 11 is 8.12. The molecule has 0 saturated heterocycles.